The fraction of sp³-hybridized carbons (Fsp3) is 0. The van der Waals surface area contributed by atoms with Crippen molar-refractivity contribution in [2.75, 3.05) is 0 Å². The first kappa shape index (κ1) is 3.21. The first-order valence-corrected chi connectivity index (χ1v) is 1.27. The van der Waals surface area contributed by atoms with Crippen LogP contribution in [0.1, 0.15) is 0 Å². The Balaban J connectivity index is 3.41. The van der Waals surface area contributed by atoms with Crippen LogP contribution in [-0.4, -0.2) is 0 Å². The topological polar surface area (TPSA) is 43.4 Å². The molecule has 1 rings (SSSR count). The summed E-state index contributed by atoms with van der Waals surface area (Å²) in [7, 11) is 0. The SMILES string of the molecule is O=c1o[c][c]o1. The van der Waals surface area contributed by atoms with Crippen molar-refractivity contribution in [2.24, 2.45) is 0 Å². The number of rotatable bonds is 0. The molecule has 2 radical (unpaired) electrons. The summed E-state index contributed by atoms with van der Waals surface area (Å²) in [5.74, 6) is -0.769. The molecule has 0 saturated heterocycles. The number of hydrogen-bond donors (Lipinski definition) is 0. The molecule has 6 heavy (non-hydrogen) atoms. The van der Waals surface area contributed by atoms with Gasteiger partial charge in [0.05, 0.1) is 0 Å². The Morgan fingerprint density at radius 3 is 2.00 bits per heavy atom. The quantitative estimate of drug-likeness (QED) is 0.438. The molecule has 3 heteroatoms. The third kappa shape index (κ3) is 0.337. The lowest BCUT2D eigenvalue weighted by Crippen LogP contribution is -1.83. The van der Waals surface area contributed by atoms with E-state index in [2.05, 4.69) is 8.83 Å². The van der Waals surface area contributed by atoms with E-state index in [-0.39, 0.29) is 0 Å². The van der Waals surface area contributed by atoms with Gasteiger partial charge >= 0.3 is 5.82 Å². The van der Waals surface area contributed by atoms with Gasteiger partial charge in [0.15, 0.2) is 0 Å². The molecular formula is C3O3. The summed E-state index contributed by atoms with van der Waals surface area (Å²) in [5, 5.41) is 0. The van der Waals surface area contributed by atoms with Crippen LogP contribution < -0.4 is 5.82 Å². The van der Waals surface area contributed by atoms with Gasteiger partial charge in [-0.3, -0.25) is 0 Å². The molecule has 1 aromatic heterocycles. The van der Waals surface area contributed by atoms with Gasteiger partial charge in [0.2, 0.25) is 12.5 Å². The maximum absolute atomic E-state index is 9.67. The van der Waals surface area contributed by atoms with Crippen LogP contribution in [-0.2, 0) is 0 Å². The van der Waals surface area contributed by atoms with Gasteiger partial charge in [0.25, 0.3) is 0 Å². The molecule has 0 aliphatic heterocycles. The van der Waals surface area contributed by atoms with Gasteiger partial charge in [-0.15, -0.1) is 0 Å². The molecule has 0 fully saturated rings. The van der Waals surface area contributed by atoms with Gasteiger partial charge in [0.1, 0.15) is 0 Å². The second-order valence-corrected chi connectivity index (χ2v) is 0.658. The first-order valence-electron chi connectivity index (χ1n) is 1.27. The molecule has 0 aliphatic rings. The molecule has 0 amide bonds. The molecule has 0 unspecified atom stereocenters. The average Bonchev–Trinajstić information content (AvgIpc) is 1.86. The molecule has 0 N–H and O–H groups in total. The average molecular weight is 84.0 g/mol. The minimum absolute atomic E-state index is 0.769. The summed E-state index contributed by atoms with van der Waals surface area (Å²) in [4.78, 5) is 9.67. The summed E-state index contributed by atoms with van der Waals surface area (Å²) in [6.45, 7) is 0. The Morgan fingerprint density at radius 1 is 1.33 bits per heavy atom. The molecule has 0 aliphatic carbocycles. The van der Waals surface area contributed by atoms with Crippen molar-refractivity contribution in [3.8, 4) is 0 Å². The highest BCUT2D eigenvalue weighted by Crippen LogP contribution is 1.66. The largest absolute Gasteiger partial charge is 0.519 e. The second-order valence-electron chi connectivity index (χ2n) is 0.658. The lowest BCUT2D eigenvalue weighted by molar-refractivity contribution is 0.381. The summed E-state index contributed by atoms with van der Waals surface area (Å²) in [5.41, 5.74) is 0. The molecule has 3 nitrogen and oxygen atoms in total. The molecule has 1 heterocycles. The minimum Gasteiger partial charge on any atom is -0.386 e. The molecule has 0 aromatic carbocycles. The second kappa shape index (κ2) is 1.01. The van der Waals surface area contributed by atoms with Gasteiger partial charge in [-0.2, -0.15) is 0 Å². The van der Waals surface area contributed by atoms with Crippen LogP contribution in [0, 0.1) is 12.5 Å². The Kier molecular flexibility index (Phi) is 0.538. The van der Waals surface area contributed by atoms with E-state index in [9.17, 15) is 4.79 Å². The minimum atomic E-state index is -0.769. The van der Waals surface area contributed by atoms with Crippen LogP contribution >= 0.6 is 0 Å². The predicted molar refractivity (Wildman–Crippen MR) is 14.9 cm³/mol. The van der Waals surface area contributed by atoms with E-state index >= 15 is 0 Å². The van der Waals surface area contributed by atoms with Crippen molar-refractivity contribution >= 4 is 0 Å². The number of hydrogen-bond acceptors (Lipinski definition) is 3. The third-order valence-electron chi connectivity index (χ3n) is 0.310. The van der Waals surface area contributed by atoms with Gasteiger partial charge in [-0.25, -0.2) is 4.79 Å². The molecule has 1 aromatic rings. The van der Waals surface area contributed by atoms with Crippen LogP contribution in [0.25, 0.3) is 0 Å². The fourth-order valence-electron chi connectivity index (χ4n) is 0.146. The monoisotopic (exact) mass is 84.0 g/mol. The first-order chi connectivity index (χ1) is 2.89. The zero-order valence-corrected chi connectivity index (χ0v) is 2.72. The summed E-state index contributed by atoms with van der Waals surface area (Å²) >= 11 is 0. The Morgan fingerprint density at radius 2 is 1.83 bits per heavy atom. The van der Waals surface area contributed by atoms with Crippen molar-refractivity contribution in [3.63, 3.8) is 0 Å². The van der Waals surface area contributed by atoms with Gasteiger partial charge in [-0.1, -0.05) is 0 Å². The molecule has 0 spiro atoms. The lowest BCUT2D eigenvalue weighted by Gasteiger charge is -1.48. The van der Waals surface area contributed by atoms with Gasteiger partial charge < -0.3 is 8.83 Å². The standard InChI is InChI=1S/C3O3/c4-3-5-1-2-6-3. The maximum Gasteiger partial charge on any atom is 0.519 e. The van der Waals surface area contributed by atoms with Crippen molar-refractivity contribution in [1.82, 2.24) is 0 Å². The highest BCUT2D eigenvalue weighted by Gasteiger charge is 1.80. The van der Waals surface area contributed by atoms with Crippen LogP contribution in [0.15, 0.2) is 13.6 Å². The fourth-order valence-corrected chi connectivity index (χ4v) is 0.146. The third-order valence-corrected chi connectivity index (χ3v) is 0.310. The van der Waals surface area contributed by atoms with E-state index in [1.807, 2.05) is 12.5 Å². The van der Waals surface area contributed by atoms with Gasteiger partial charge in [-0.05, 0) is 0 Å². The van der Waals surface area contributed by atoms with Crippen molar-refractivity contribution in [3.05, 3.63) is 23.1 Å². The summed E-state index contributed by atoms with van der Waals surface area (Å²) < 4.78 is 7.86. The van der Waals surface area contributed by atoms with Crippen LogP contribution in [0.3, 0.4) is 0 Å². The zero-order chi connectivity index (χ0) is 4.41. The smallest absolute Gasteiger partial charge is 0.386 e. The van der Waals surface area contributed by atoms with Crippen LogP contribution in [0.4, 0.5) is 0 Å². The molecular weight excluding hydrogens is 84.0 g/mol. The van der Waals surface area contributed by atoms with E-state index in [0.717, 1.165) is 0 Å². The molecule has 0 saturated carbocycles. The van der Waals surface area contributed by atoms with E-state index in [1.54, 1.807) is 0 Å². The van der Waals surface area contributed by atoms with E-state index in [0.29, 0.717) is 0 Å². The van der Waals surface area contributed by atoms with E-state index in [4.69, 9.17) is 0 Å². The van der Waals surface area contributed by atoms with Gasteiger partial charge in [0, 0.05) is 0 Å². The summed E-state index contributed by atoms with van der Waals surface area (Å²) in [6, 6.07) is 0. The highest BCUT2D eigenvalue weighted by atomic mass is 16.5. The maximum atomic E-state index is 9.67. The lowest BCUT2D eigenvalue weighted by atomic mass is 11.1. The highest BCUT2D eigenvalue weighted by molar-refractivity contribution is 4.42. The van der Waals surface area contributed by atoms with Crippen LogP contribution in [0.5, 0.6) is 0 Å². The zero-order valence-electron chi connectivity index (χ0n) is 2.72. The Labute approximate surface area is 33.2 Å². The Hall–Kier alpha value is -0.990. The molecule has 0 atom stereocenters. The van der Waals surface area contributed by atoms with Crippen molar-refractivity contribution in [1.29, 1.82) is 0 Å². The predicted octanol–water partition coefficient (Wildman–Crippen LogP) is -0.167. The molecule has 0 bridgehead atoms. The summed E-state index contributed by atoms with van der Waals surface area (Å²) in [6.07, 6.45) is 3.90. The van der Waals surface area contributed by atoms with Crippen LogP contribution in [0.2, 0.25) is 0 Å². The van der Waals surface area contributed by atoms with E-state index in [1.165, 1.54) is 0 Å². The van der Waals surface area contributed by atoms with E-state index < -0.39 is 5.82 Å². The van der Waals surface area contributed by atoms with Crippen molar-refractivity contribution < 1.29 is 8.83 Å². The molecule has 30 valence electrons. The Bertz CT molecular complexity index is 144. The van der Waals surface area contributed by atoms with Crippen molar-refractivity contribution in [2.45, 2.75) is 0 Å². The normalized spacial score (nSPS) is 8.67.